The number of fused-ring (bicyclic) bond motifs is 1. The van der Waals surface area contributed by atoms with Gasteiger partial charge in [0.15, 0.2) is 11.2 Å². The maximum atomic E-state index is 11.9. The zero-order valence-electron chi connectivity index (χ0n) is 9.80. The van der Waals surface area contributed by atoms with Crippen molar-refractivity contribution in [1.29, 1.82) is 0 Å². The van der Waals surface area contributed by atoms with Gasteiger partial charge in [-0.3, -0.25) is 14.8 Å². The molecule has 1 aliphatic carbocycles. The highest BCUT2D eigenvalue weighted by molar-refractivity contribution is 5.70. The van der Waals surface area contributed by atoms with Crippen molar-refractivity contribution in [3.05, 3.63) is 20.8 Å². The van der Waals surface area contributed by atoms with Gasteiger partial charge in [0.05, 0.1) is 0 Å². The van der Waals surface area contributed by atoms with Crippen molar-refractivity contribution in [1.82, 2.24) is 19.7 Å². The van der Waals surface area contributed by atoms with Crippen LogP contribution in [-0.2, 0) is 0 Å². The second-order valence-corrected chi connectivity index (χ2v) is 4.53. The number of hydrogen-bond donors (Lipinski definition) is 3. The Labute approximate surface area is 101 Å². The summed E-state index contributed by atoms with van der Waals surface area (Å²) in [5.74, 6) is 0.146. The average Bonchev–Trinajstić information content (AvgIpc) is 2.62. The molecule has 2 aromatic heterocycles. The van der Waals surface area contributed by atoms with Crippen LogP contribution >= 0.6 is 0 Å². The fourth-order valence-electron chi connectivity index (χ4n) is 2.12. The summed E-state index contributed by atoms with van der Waals surface area (Å²) >= 11 is 0. The van der Waals surface area contributed by atoms with E-state index in [-0.39, 0.29) is 23.2 Å². The molecular weight excluding hydrogens is 238 g/mol. The second-order valence-electron chi connectivity index (χ2n) is 4.53. The maximum Gasteiger partial charge on any atom is 0.325 e. The van der Waals surface area contributed by atoms with E-state index in [9.17, 15) is 14.8 Å². The first kappa shape index (κ1) is 10.9. The fraction of sp³-hybridized carbons (Fsp3) is 0.500. The van der Waals surface area contributed by atoms with Gasteiger partial charge in [-0.1, -0.05) is 0 Å². The Kier molecular flexibility index (Phi) is 2.19. The van der Waals surface area contributed by atoms with Crippen molar-refractivity contribution in [3.8, 4) is 0 Å². The Morgan fingerprint density at radius 2 is 2.11 bits per heavy atom. The lowest BCUT2D eigenvalue weighted by atomic mass is 9.92. The number of aromatic amines is 2. The van der Waals surface area contributed by atoms with Crippen LogP contribution < -0.4 is 16.1 Å². The molecule has 96 valence electrons. The van der Waals surface area contributed by atoms with E-state index in [4.69, 9.17) is 0 Å². The number of rotatable bonds is 2. The maximum absolute atomic E-state index is 11.9. The molecule has 18 heavy (non-hydrogen) atoms. The number of aromatic nitrogens is 4. The Morgan fingerprint density at radius 1 is 1.39 bits per heavy atom. The molecule has 0 radical (unpaired) electrons. The summed E-state index contributed by atoms with van der Waals surface area (Å²) in [5, 5.41) is 9.81. The van der Waals surface area contributed by atoms with Gasteiger partial charge in [-0.2, -0.15) is 4.98 Å². The van der Waals surface area contributed by atoms with Crippen LogP contribution in [0, 0.1) is 0 Å². The monoisotopic (exact) mass is 251 g/mol. The molecule has 1 aliphatic rings. The first-order valence-electron chi connectivity index (χ1n) is 5.75. The predicted octanol–water partition coefficient (Wildman–Crippen LogP) is -0.361. The van der Waals surface area contributed by atoms with Crippen LogP contribution in [0.25, 0.3) is 11.2 Å². The van der Waals surface area contributed by atoms with Gasteiger partial charge in [0.1, 0.15) is 0 Å². The molecule has 0 saturated heterocycles. The zero-order valence-corrected chi connectivity index (χ0v) is 9.80. The first-order valence-corrected chi connectivity index (χ1v) is 5.75. The Hall–Kier alpha value is -2.25. The normalized spacial score (nSPS) is 15.8. The minimum Gasteiger partial charge on any atom is -0.422 e. The van der Waals surface area contributed by atoms with E-state index in [0.29, 0.717) is 4.73 Å². The van der Waals surface area contributed by atoms with Gasteiger partial charge in [-0.05, 0) is 19.3 Å². The van der Waals surface area contributed by atoms with E-state index in [1.54, 1.807) is 11.9 Å². The van der Waals surface area contributed by atoms with E-state index < -0.39 is 11.2 Å². The van der Waals surface area contributed by atoms with Crippen LogP contribution in [0.3, 0.4) is 0 Å². The van der Waals surface area contributed by atoms with Crippen molar-refractivity contribution in [2.75, 3.05) is 11.9 Å². The summed E-state index contributed by atoms with van der Waals surface area (Å²) in [5.41, 5.74) is -1.05. The highest BCUT2D eigenvalue weighted by Gasteiger charge is 2.26. The Balaban J connectivity index is 2.19. The smallest absolute Gasteiger partial charge is 0.325 e. The number of nitrogens with one attached hydrogen (secondary N) is 2. The summed E-state index contributed by atoms with van der Waals surface area (Å²) in [4.78, 5) is 33.6. The van der Waals surface area contributed by atoms with Crippen LogP contribution in [0.4, 0.5) is 5.95 Å². The van der Waals surface area contributed by atoms with Crippen molar-refractivity contribution >= 4 is 17.1 Å². The average molecular weight is 251 g/mol. The summed E-state index contributed by atoms with van der Waals surface area (Å²) in [6, 6.07) is 0.276. The van der Waals surface area contributed by atoms with Crippen LogP contribution in [0.2, 0.25) is 0 Å². The van der Waals surface area contributed by atoms with Crippen molar-refractivity contribution in [3.63, 3.8) is 0 Å². The van der Waals surface area contributed by atoms with Gasteiger partial charge in [-0.15, -0.1) is 4.73 Å². The van der Waals surface area contributed by atoms with Crippen molar-refractivity contribution in [2.45, 2.75) is 25.3 Å². The summed E-state index contributed by atoms with van der Waals surface area (Å²) in [6.45, 7) is 0. The van der Waals surface area contributed by atoms with E-state index in [0.717, 1.165) is 19.3 Å². The quantitative estimate of drug-likeness (QED) is 0.632. The molecule has 8 nitrogen and oxygen atoms in total. The lowest BCUT2D eigenvalue weighted by Crippen LogP contribution is -2.41. The van der Waals surface area contributed by atoms with Gasteiger partial charge >= 0.3 is 11.2 Å². The van der Waals surface area contributed by atoms with Gasteiger partial charge < -0.3 is 10.1 Å². The third-order valence-corrected chi connectivity index (χ3v) is 3.45. The van der Waals surface area contributed by atoms with Gasteiger partial charge in [-0.25, -0.2) is 4.79 Å². The van der Waals surface area contributed by atoms with Crippen LogP contribution in [0.15, 0.2) is 9.59 Å². The van der Waals surface area contributed by atoms with E-state index in [1.165, 1.54) is 0 Å². The summed E-state index contributed by atoms with van der Waals surface area (Å²) in [6.07, 6.45) is 3.15. The molecule has 0 bridgehead atoms. The summed E-state index contributed by atoms with van der Waals surface area (Å²) < 4.78 is 0.477. The molecule has 3 N–H and O–H groups in total. The molecule has 1 saturated carbocycles. The summed E-state index contributed by atoms with van der Waals surface area (Å²) in [7, 11) is 1.77. The minimum atomic E-state index is -0.681. The Morgan fingerprint density at radius 3 is 2.72 bits per heavy atom. The van der Waals surface area contributed by atoms with E-state index in [2.05, 4.69) is 15.0 Å². The van der Waals surface area contributed by atoms with Crippen LogP contribution in [0.5, 0.6) is 0 Å². The molecular formula is C10H13N5O3. The van der Waals surface area contributed by atoms with E-state index >= 15 is 0 Å². The van der Waals surface area contributed by atoms with Gasteiger partial charge in [0.2, 0.25) is 5.95 Å². The molecule has 1 fully saturated rings. The van der Waals surface area contributed by atoms with Crippen molar-refractivity contribution in [2.24, 2.45) is 0 Å². The van der Waals surface area contributed by atoms with Gasteiger partial charge in [0, 0.05) is 13.1 Å². The van der Waals surface area contributed by atoms with Gasteiger partial charge in [0.25, 0.3) is 0 Å². The third kappa shape index (κ3) is 1.41. The molecule has 0 amide bonds. The molecule has 3 rings (SSSR count). The largest absolute Gasteiger partial charge is 0.422 e. The molecule has 0 atom stereocenters. The lowest BCUT2D eigenvalue weighted by Gasteiger charge is -2.35. The number of anilines is 1. The second kappa shape index (κ2) is 3.62. The number of H-pyrrole nitrogens is 2. The zero-order chi connectivity index (χ0) is 12.9. The molecule has 0 unspecified atom stereocenters. The molecule has 2 heterocycles. The van der Waals surface area contributed by atoms with Crippen LogP contribution in [-0.4, -0.2) is 38.0 Å². The molecule has 0 aliphatic heterocycles. The third-order valence-electron chi connectivity index (χ3n) is 3.45. The predicted molar refractivity (Wildman–Crippen MR) is 64.2 cm³/mol. The van der Waals surface area contributed by atoms with Crippen molar-refractivity contribution < 1.29 is 5.21 Å². The SMILES string of the molecule is CN(c1nc2[nH]c(=O)[nH]c2c(=O)n1O)C1CCC1. The highest BCUT2D eigenvalue weighted by Crippen LogP contribution is 2.26. The van der Waals surface area contributed by atoms with Crippen LogP contribution in [0.1, 0.15) is 19.3 Å². The molecule has 0 aromatic carbocycles. The number of imidazole rings is 1. The molecule has 8 heteroatoms. The topological polar surface area (TPSA) is 107 Å². The number of nitrogens with zero attached hydrogens (tertiary/aromatic N) is 3. The van der Waals surface area contributed by atoms with E-state index in [1.807, 2.05) is 0 Å². The highest BCUT2D eigenvalue weighted by atomic mass is 16.5. The lowest BCUT2D eigenvalue weighted by molar-refractivity contribution is 0.173. The minimum absolute atomic E-state index is 0.0201. The standard InChI is InChI=1S/C10H13N5O3/c1-14(5-3-2-4-5)10-13-7-6(8(16)15(10)18)11-9(17)12-7/h5,18H,2-4H2,1H3,(H2,11,12,17). The molecule has 2 aromatic rings. The molecule has 0 spiro atoms. The first-order chi connectivity index (χ1) is 8.58. The number of hydrogen-bond acceptors (Lipinski definition) is 5. The fourth-order valence-corrected chi connectivity index (χ4v) is 2.12. The Bertz CT molecular complexity index is 708.